The van der Waals surface area contributed by atoms with E-state index in [1.54, 1.807) is 0 Å². The molecule has 1 unspecified atom stereocenters. The first-order valence-electron chi connectivity index (χ1n) is 6.10. The van der Waals surface area contributed by atoms with Crippen molar-refractivity contribution in [2.75, 3.05) is 6.54 Å². The summed E-state index contributed by atoms with van der Waals surface area (Å²) in [6.07, 6.45) is 7.47. The number of carbonyl (C=O) groups excluding carboxylic acids is 1. The van der Waals surface area contributed by atoms with Crippen molar-refractivity contribution in [3.8, 4) is 0 Å². The normalized spacial score (nSPS) is 12.7. The molecule has 0 aliphatic rings. The lowest BCUT2D eigenvalue weighted by Gasteiger charge is -2.06. The second kappa shape index (κ2) is 10.5. The fourth-order valence-corrected chi connectivity index (χ4v) is 1.59. The van der Waals surface area contributed by atoms with Gasteiger partial charge in [0.15, 0.2) is 0 Å². The number of ketones is 1. The van der Waals surface area contributed by atoms with Crippen molar-refractivity contribution >= 4 is 18.4 Å². The van der Waals surface area contributed by atoms with Gasteiger partial charge in [-0.3, -0.25) is 4.79 Å². The predicted octanol–water partition coefficient (Wildman–Crippen LogP) is 3.17. The van der Waals surface area contributed by atoms with Gasteiger partial charge in [0.2, 0.25) is 0 Å². The molecule has 0 saturated heterocycles. The third kappa shape index (κ3) is 11.9. The zero-order valence-corrected chi connectivity index (χ0v) is 11.0. The van der Waals surface area contributed by atoms with Crippen molar-refractivity contribution in [1.29, 1.82) is 0 Å². The molecule has 0 radical (unpaired) electrons. The van der Waals surface area contributed by atoms with Crippen LogP contribution < -0.4 is 5.32 Å². The first kappa shape index (κ1) is 15.0. The summed E-state index contributed by atoms with van der Waals surface area (Å²) in [5, 5.41) is 3.57. The van der Waals surface area contributed by atoms with Crippen LogP contribution in [0.4, 0.5) is 0 Å². The van der Waals surface area contributed by atoms with Crippen molar-refractivity contribution in [2.45, 2.75) is 64.2 Å². The van der Waals surface area contributed by atoms with Gasteiger partial charge < -0.3 is 5.32 Å². The summed E-state index contributed by atoms with van der Waals surface area (Å²) in [5.74, 6) is 0.403. The molecule has 0 heterocycles. The highest BCUT2D eigenvalue weighted by Gasteiger charge is 1.97. The van der Waals surface area contributed by atoms with E-state index < -0.39 is 0 Å². The minimum atomic E-state index is 0.298. The topological polar surface area (TPSA) is 29.1 Å². The molecule has 0 saturated carbocycles. The van der Waals surface area contributed by atoms with Crippen molar-refractivity contribution in [2.24, 2.45) is 0 Å². The van der Waals surface area contributed by atoms with Gasteiger partial charge in [-0.2, -0.15) is 12.6 Å². The lowest BCUT2D eigenvalue weighted by atomic mass is 10.1. The summed E-state index contributed by atoms with van der Waals surface area (Å²) < 4.78 is 0. The number of nitrogens with one attached hydrogen (secondary N) is 1. The van der Waals surface area contributed by atoms with E-state index in [0.717, 1.165) is 19.4 Å². The van der Waals surface area contributed by atoms with E-state index in [2.05, 4.69) is 17.9 Å². The lowest BCUT2D eigenvalue weighted by molar-refractivity contribution is -0.118. The minimum Gasteiger partial charge on any atom is -0.306 e. The van der Waals surface area contributed by atoms with E-state index in [9.17, 15) is 4.79 Å². The van der Waals surface area contributed by atoms with Gasteiger partial charge in [-0.15, -0.1) is 0 Å². The van der Waals surface area contributed by atoms with Crippen LogP contribution in [0.1, 0.15) is 58.8 Å². The molecule has 1 N–H and O–H groups in total. The van der Waals surface area contributed by atoms with Crippen LogP contribution in [0.5, 0.6) is 0 Å². The zero-order valence-electron chi connectivity index (χ0n) is 10.1. The molecule has 0 fully saturated rings. The molecule has 0 spiro atoms. The van der Waals surface area contributed by atoms with E-state index in [1.165, 1.54) is 25.7 Å². The molecule has 0 aliphatic carbocycles. The molecule has 0 rings (SSSR count). The highest BCUT2D eigenvalue weighted by Crippen LogP contribution is 2.06. The number of hydrogen-bond acceptors (Lipinski definition) is 3. The van der Waals surface area contributed by atoms with E-state index >= 15 is 0 Å². The zero-order chi connectivity index (χ0) is 11.5. The van der Waals surface area contributed by atoms with Crippen LogP contribution in [0, 0.1) is 0 Å². The third-order valence-corrected chi connectivity index (χ3v) is 2.65. The van der Waals surface area contributed by atoms with Crippen LogP contribution in [0.25, 0.3) is 0 Å². The largest absolute Gasteiger partial charge is 0.306 e. The summed E-state index contributed by atoms with van der Waals surface area (Å²) >= 11 is 4.24. The SMILES string of the molecule is CCC(=O)CCCCCCCNC(C)S. The fraction of sp³-hybridized carbons (Fsp3) is 0.917. The number of unbranched alkanes of at least 4 members (excludes halogenated alkanes) is 4. The van der Waals surface area contributed by atoms with E-state index in [4.69, 9.17) is 0 Å². The second-order valence-electron chi connectivity index (χ2n) is 4.04. The highest BCUT2D eigenvalue weighted by molar-refractivity contribution is 7.80. The van der Waals surface area contributed by atoms with Gasteiger partial charge in [-0.05, 0) is 26.3 Å². The Morgan fingerprint density at radius 1 is 1.20 bits per heavy atom. The number of thiol groups is 1. The predicted molar refractivity (Wildman–Crippen MR) is 69.5 cm³/mol. The maximum atomic E-state index is 11.0. The number of hydrogen-bond donors (Lipinski definition) is 2. The maximum Gasteiger partial charge on any atom is 0.132 e. The second-order valence-corrected chi connectivity index (χ2v) is 4.81. The Balaban J connectivity index is 3.02. The van der Waals surface area contributed by atoms with E-state index in [0.29, 0.717) is 17.6 Å². The number of Topliss-reactive ketones (excluding diaryl/α,β-unsaturated/α-hetero) is 1. The summed E-state index contributed by atoms with van der Waals surface area (Å²) in [5.41, 5.74) is 0. The van der Waals surface area contributed by atoms with Crippen molar-refractivity contribution in [1.82, 2.24) is 5.32 Å². The Hall–Kier alpha value is -0.0200. The molecule has 90 valence electrons. The molecule has 0 aromatic carbocycles. The lowest BCUT2D eigenvalue weighted by Crippen LogP contribution is -2.21. The van der Waals surface area contributed by atoms with Crippen LogP contribution in [-0.2, 0) is 4.79 Å². The molecule has 0 bridgehead atoms. The molecule has 0 aliphatic heterocycles. The van der Waals surface area contributed by atoms with Gasteiger partial charge in [-0.25, -0.2) is 0 Å². The third-order valence-electron chi connectivity index (χ3n) is 2.47. The van der Waals surface area contributed by atoms with Crippen LogP contribution in [0.15, 0.2) is 0 Å². The highest BCUT2D eigenvalue weighted by atomic mass is 32.1. The summed E-state index contributed by atoms with van der Waals surface area (Å²) in [6, 6.07) is 0. The molecule has 0 aromatic rings. The van der Waals surface area contributed by atoms with Gasteiger partial charge in [0, 0.05) is 18.2 Å². The van der Waals surface area contributed by atoms with Crippen LogP contribution >= 0.6 is 12.6 Å². The Labute approximate surface area is 99.6 Å². The minimum absolute atomic E-state index is 0.298. The Morgan fingerprint density at radius 3 is 2.40 bits per heavy atom. The Kier molecular flexibility index (Phi) is 10.5. The smallest absolute Gasteiger partial charge is 0.132 e. The van der Waals surface area contributed by atoms with Crippen LogP contribution in [-0.4, -0.2) is 17.7 Å². The molecule has 2 nitrogen and oxygen atoms in total. The average Bonchev–Trinajstić information content (AvgIpc) is 2.21. The monoisotopic (exact) mass is 231 g/mol. The van der Waals surface area contributed by atoms with Gasteiger partial charge in [-0.1, -0.05) is 26.2 Å². The fourth-order valence-electron chi connectivity index (χ4n) is 1.47. The van der Waals surface area contributed by atoms with Gasteiger partial charge in [0.05, 0.1) is 0 Å². The van der Waals surface area contributed by atoms with Crippen molar-refractivity contribution < 1.29 is 4.79 Å². The summed E-state index contributed by atoms with van der Waals surface area (Å²) in [7, 11) is 0. The van der Waals surface area contributed by atoms with E-state index in [-0.39, 0.29) is 0 Å². The molecular formula is C12H25NOS. The Morgan fingerprint density at radius 2 is 1.80 bits per heavy atom. The van der Waals surface area contributed by atoms with E-state index in [1.807, 2.05) is 13.8 Å². The molecule has 1 atom stereocenters. The van der Waals surface area contributed by atoms with Crippen molar-refractivity contribution in [3.05, 3.63) is 0 Å². The first-order valence-corrected chi connectivity index (χ1v) is 6.61. The summed E-state index contributed by atoms with van der Waals surface area (Å²) in [6.45, 7) is 5.03. The first-order chi connectivity index (χ1) is 7.16. The van der Waals surface area contributed by atoms with Gasteiger partial charge in [0.25, 0.3) is 0 Å². The van der Waals surface area contributed by atoms with Crippen molar-refractivity contribution in [3.63, 3.8) is 0 Å². The standard InChI is InChI=1S/C12H25NOS/c1-3-12(14)9-7-5-4-6-8-10-13-11(2)15/h11,13,15H,3-10H2,1-2H3. The Bertz CT molecular complexity index is 160. The summed E-state index contributed by atoms with van der Waals surface area (Å²) in [4.78, 5) is 11.0. The van der Waals surface area contributed by atoms with Gasteiger partial charge >= 0.3 is 0 Å². The molecule has 15 heavy (non-hydrogen) atoms. The molecule has 3 heteroatoms. The molecule has 0 amide bonds. The maximum absolute atomic E-state index is 11.0. The molecular weight excluding hydrogens is 206 g/mol. The average molecular weight is 231 g/mol. The van der Waals surface area contributed by atoms with Gasteiger partial charge in [0.1, 0.15) is 5.78 Å². The van der Waals surface area contributed by atoms with Crippen LogP contribution in [0.3, 0.4) is 0 Å². The number of carbonyl (C=O) groups is 1. The quantitative estimate of drug-likeness (QED) is 0.343. The molecule has 0 aromatic heterocycles. The van der Waals surface area contributed by atoms with Crippen LogP contribution in [0.2, 0.25) is 0 Å². The number of rotatable bonds is 10.